The van der Waals surface area contributed by atoms with E-state index in [1.807, 2.05) is 48.3 Å². The Balaban J connectivity index is 1.55. The van der Waals surface area contributed by atoms with Gasteiger partial charge in [-0.05, 0) is 72.3 Å². The number of nitrogens with zero attached hydrogens (tertiary/aromatic N) is 2. The first-order valence-electron chi connectivity index (χ1n) is 11.4. The number of hydrogen-bond donors (Lipinski definition) is 0. The predicted octanol–water partition coefficient (Wildman–Crippen LogP) is 6.11. The number of carbonyl (C=O) groups is 2. The minimum Gasteiger partial charge on any atom is -0.497 e. The summed E-state index contributed by atoms with van der Waals surface area (Å²) in [5.41, 5.74) is 3.33. The number of anilines is 2. The Morgan fingerprint density at radius 3 is 2.14 bits per heavy atom. The summed E-state index contributed by atoms with van der Waals surface area (Å²) in [6.45, 7) is 0.242. The van der Waals surface area contributed by atoms with Crippen LogP contribution in [0.5, 0.6) is 11.5 Å². The Labute approximate surface area is 220 Å². The zero-order valence-electron chi connectivity index (χ0n) is 20.6. The lowest BCUT2D eigenvalue weighted by atomic mass is 10.0. The van der Waals surface area contributed by atoms with Crippen LogP contribution in [0.3, 0.4) is 0 Å². The van der Waals surface area contributed by atoms with Gasteiger partial charge in [0, 0.05) is 23.3 Å². The van der Waals surface area contributed by atoms with Crippen molar-refractivity contribution in [1.82, 2.24) is 4.98 Å². The van der Waals surface area contributed by atoms with Gasteiger partial charge in [-0.3, -0.25) is 9.78 Å². The van der Waals surface area contributed by atoms with Crippen LogP contribution in [0.2, 0.25) is 5.02 Å². The molecule has 0 bridgehead atoms. The molecule has 1 heterocycles. The molecule has 0 N–H and O–H groups in total. The number of ether oxygens (including phenoxy) is 3. The van der Waals surface area contributed by atoms with Crippen LogP contribution in [0, 0.1) is 0 Å². The van der Waals surface area contributed by atoms with E-state index in [1.54, 1.807) is 49.7 Å². The van der Waals surface area contributed by atoms with Gasteiger partial charge >= 0.3 is 5.97 Å². The fourth-order valence-electron chi connectivity index (χ4n) is 3.62. The maximum absolute atomic E-state index is 13.3. The number of pyridine rings is 1. The molecule has 37 heavy (non-hydrogen) atoms. The Bertz CT molecular complexity index is 1390. The van der Waals surface area contributed by atoms with E-state index in [2.05, 4.69) is 4.98 Å². The fraction of sp³-hybridized carbons (Fsp3) is 0.138. The van der Waals surface area contributed by atoms with Gasteiger partial charge in [0.05, 0.1) is 31.7 Å². The molecule has 0 saturated heterocycles. The number of benzene rings is 3. The summed E-state index contributed by atoms with van der Waals surface area (Å²) in [6, 6.07) is 22.9. The molecule has 4 rings (SSSR count). The predicted molar refractivity (Wildman–Crippen MR) is 142 cm³/mol. The largest absolute Gasteiger partial charge is 0.497 e. The first-order valence-corrected chi connectivity index (χ1v) is 11.7. The third-order valence-electron chi connectivity index (χ3n) is 5.74. The molecule has 0 unspecified atom stereocenters. The highest BCUT2D eigenvalue weighted by Crippen LogP contribution is 2.26. The molecule has 0 fully saturated rings. The van der Waals surface area contributed by atoms with E-state index in [1.165, 1.54) is 13.2 Å². The lowest BCUT2D eigenvalue weighted by Crippen LogP contribution is -2.12. The van der Waals surface area contributed by atoms with Gasteiger partial charge in [-0.15, -0.1) is 0 Å². The highest BCUT2D eigenvalue weighted by Gasteiger charge is 2.17. The van der Waals surface area contributed by atoms with Crippen LogP contribution in [-0.4, -0.2) is 38.0 Å². The maximum atomic E-state index is 13.3. The zero-order valence-corrected chi connectivity index (χ0v) is 21.4. The topological polar surface area (TPSA) is 78.0 Å². The van der Waals surface area contributed by atoms with Crippen LogP contribution in [-0.2, 0) is 11.3 Å². The fourth-order valence-corrected chi connectivity index (χ4v) is 3.74. The van der Waals surface area contributed by atoms with Gasteiger partial charge in [-0.1, -0.05) is 23.7 Å². The summed E-state index contributed by atoms with van der Waals surface area (Å²) >= 11 is 5.98. The van der Waals surface area contributed by atoms with Gasteiger partial charge < -0.3 is 19.1 Å². The quantitative estimate of drug-likeness (QED) is 0.196. The third-order valence-corrected chi connectivity index (χ3v) is 5.99. The second-order valence-electron chi connectivity index (χ2n) is 8.14. The molecule has 0 saturated carbocycles. The highest BCUT2D eigenvalue weighted by atomic mass is 35.5. The van der Waals surface area contributed by atoms with Crippen molar-refractivity contribution in [1.29, 1.82) is 0 Å². The van der Waals surface area contributed by atoms with Crippen LogP contribution < -0.4 is 14.4 Å². The molecule has 0 aliphatic carbocycles. The van der Waals surface area contributed by atoms with Crippen LogP contribution in [0.1, 0.15) is 32.0 Å². The summed E-state index contributed by atoms with van der Waals surface area (Å²) in [5, 5.41) is 0.651. The van der Waals surface area contributed by atoms with E-state index in [0.29, 0.717) is 10.8 Å². The van der Waals surface area contributed by atoms with Gasteiger partial charge in [0.1, 0.15) is 23.8 Å². The Hall–Kier alpha value is -4.36. The second kappa shape index (κ2) is 11.6. The molecule has 4 aromatic rings. The monoisotopic (exact) mass is 516 g/mol. The van der Waals surface area contributed by atoms with Crippen molar-refractivity contribution in [2.75, 3.05) is 26.2 Å². The molecule has 0 amide bonds. The van der Waals surface area contributed by atoms with Crippen molar-refractivity contribution in [3.8, 4) is 11.5 Å². The SMILES string of the molecule is COC(=O)c1cc(OCc2ccc(OC)cc2)cc(C(=O)c2ccc(N(C)c3ccc(Cl)cc3)cn2)c1. The Morgan fingerprint density at radius 1 is 0.838 bits per heavy atom. The molecule has 0 aliphatic rings. The van der Waals surface area contributed by atoms with Crippen LogP contribution in [0.25, 0.3) is 0 Å². The molecule has 0 aliphatic heterocycles. The summed E-state index contributed by atoms with van der Waals surface area (Å²) in [5.74, 6) is 0.181. The number of ketones is 1. The number of rotatable bonds is 9. The van der Waals surface area contributed by atoms with Gasteiger partial charge in [-0.2, -0.15) is 0 Å². The van der Waals surface area contributed by atoms with Crippen molar-refractivity contribution >= 4 is 34.7 Å². The Kier molecular flexibility index (Phi) is 8.05. The normalized spacial score (nSPS) is 10.5. The number of methoxy groups -OCH3 is 2. The van der Waals surface area contributed by atoms with Crippen molar-refractivity contribution < 1.29 is 23.8 Å². The summed E-state index contributed by atoms with van der Waals surface area (Å²) < 4.78 is 15.9. The van der Waals surface area contributed by atoms with Gasteiger partial charge in [0.2, 0.25) is 5.78 Å². The zero-order chi connectivity index (χ0) is 26.4. The molecule has 0 radical (unpaired) electrons. The average molecular weight is 517 g/mol. The van der Waals surface area contributed by atoms with E-state index in [-0.39, 0.29) is 29.2 Å². The van der Waals surface area contributed by atoms with Gasteiger partial charge in [0.25, 0.3) is 0 Å². The van der Waals surface area contributed by atoms with E-state index < -0.39 is 5.97 Å². The molecular weight excluding hydrogens is 492 g/mol. The standard InChI is InChI=1S/C29H25ClN2O5/c1-32(23-8-6-22(30)7-9-23)24-10-13-27(31-17-24)28(33)20-14-21(29(34)36-3)16-26(15-20)37-18-19-4-11-25(35-2)12-5-19/h4-17H,18H2,1-3H3. The summed E-state index contributed by atoms with van der Waals surface area (Å²) in [6.07, 6.45) is 1.62. The van der Waals surface area contributed by atoms with Gasteiger partial charge in [-0.25, -0.2) is 4.79 Å². The Morgan fingerprint density at radius 2 is 1.51 bits per heavy atom. The molecule has 188 valence electrons. The van der Waals surface area contributed by atoms with E-state index in [9.17, 15) is 9.59 Å². The molecule has 7 nitrogen and oxygen atoms in total. The summed E-state index contributed by atoms with van der Waals surface area (Å²) in [4.78, 5) is 31.8. The van der Waals surface area contributed by atoms with Crippen LogP contribution in [0.4, 0.5) is 11.4 Å². The van der Waals surface area contributed by atoms with Crippen LogP contribution >= 0.6 is 11.6 Å². The number of carbonyl (C=O) groups excluding carboxylic acids is 2. The first-order chi connectivity index (χ1) is 17.9. The lowest BCUT2D eigenvalue weighted by Gasteiger charge is -2.19. The van der Waals surface area contributed by atoms with Crippen molar-refractivity contribution in [3.63, 3.8) is 0 Å². The highest BCUT2D eigenvalue weighted by molar-refractivity contribution is 6.30. The first kappa shape index (κ1) is 25.7. The number of hydrogen-bond acceptors (Lipinski definition) is 7. The molecule has 8 heteroatoms. The van der Waals surface area contributed by atoms with Crippen molar-refractivity contribution in [2.24, 2.45) is 0 Å². The number of esters is 1. The third kappa shape index (κ3) is 6.26. The molecule has 0 spiro atoms. The minimum absolute atomic E-state index is 0.206. The molecule has 1 aromatic heterocycles. The van der Waals surface area contributed by atoms with E-state index in [0.717, 1.165) is 22.7 Å². The second-order valence-corrected chi connectivity index (χ2v) is 8.58. The maximum Gasteiger partial charge on any atom is 0.338 e. The number of aromatic nitrogens is 1. The van der Waals surface area contributed by atoms with Crippen LogP contribution in [0.15, 0.2) is 85.1 Å². The lowest BCUT2D eigenvalue weighted by molar-refractivity contribution is 0.0600. The van der Waals surface area contributed by atoms with Crippen molar-refractivity contribution in [3.05, 3.63) is 112 Å². The van der Waals surface area contributed by atoms with E-state index >= 15 is 0 Å². The molecule has 3 aromatic carbocycles. The minimum atomic E-state index is -0.572. The molecule has 0 atom stereocenters. The average Bonchev–Trinajstić information content (AvgIpc) is 2.95. The van der Waals surface area contributed by atoms with E-state index in [4.69, 9.17) is 25.8 Å². The van der Waals surface area contributed by atoms with Crippen molar-refractivity contribution in [2.45, 2.75) is 6.61 Å². The molecular formula is C29H25ClN2O5. The van der Waals surface area contributed by atoms with Gasteiger partial charge in [0.15, 0.2) is 0 Å². The number of halogens is 1. The smallest absolute Gasteiger partial charge is 0.338 e. The summed E-state index contributed by atoms with van der Waals surface area (Å²) in [7, 11) is 4.78.